The molecule has 2 rings (SSSR count). The van der Waals surface area contributed by atoms with Gasteiger partial charge in [0.1, 0.15) is 0 Å². The lowest BCUT2D eigenvalue weighted by atomic mass is 10.1. The summed E-state index contributed by atoms with van der Waals surface area (Å²) in [6.07, 6.45) is 0. The molecule has 2 aromatic heterocycles. The van der Waals surface area contributed by atoms with E-state index < -0.39 is 0 Å². The zero-order valence-electron chi connectivity index (χ0n) is 9.26. The van der Waals surface area contributed by atoms with Crippen molar-refractivity contribution in [3.63, 3.8) is 0 Å². The Morgan fingerprint density at radius 1 is 1.31 bits per heavy atom. The van der Waals surface area contributed by atoms with E-state index in [0.717, 1.165) is 20.9 Å². The molecular formula is C12H11ClOS2. The molecule has 0 radical (unpaired) electrons. The highest BCUT2D eigenvalue weighted by Gasteiger charge is 2.19. The van der Waals surface area contributed by atoms with Gasteiger partial charge in [0.15, 0.2) is 0 Å². The second-order valence-electron chi connectivity index (χ2n) is 3.72. The first kappa shape index (κ1) is 11.8. The summed E-state index contributed by atoms with van der Waals surface area (Å²) < 4.78 is 0. The first-order valence-electron chi connectivity index (χ1n) is 4.86. The zero-order valence-corrected chi connectivity index (χ0v) is 11.6. The van der Waals surface area contributed by atoms with Crippen LogP contribution in [0, 0.1) is 20.8 Å². The fraction of sp³-hybridized carbons (Fsp3) is 0.250. The molecule has 0 aliphatic rings. The lowest BCUT2D eigenvalue weighted by Crippen LogP contribution is -1.99. The maximum atomic E-state index is 12.2. The van der Waals surface area contributed by atoms with E-state index in [2.05, 4.69) is 0 Å². The fourth-order valence-electron chi connectivity index (χ4n) is 1.56. The zero-order chi connectivity index (χ0) is 11.9. The van der Waals surface area contributed by atoms with E-state index in [1.807, 2.05) is 32.2 Å². The number of carbonyl (C=O) groups is 1. The molecule has 0 aromatic carbocycles. The minimum absolute atomic E-state index is 0.0463. The van der Waals surface area contributed by atoms with Gasteiger partial charge in [0.05, 0.1) is 9.90 Å². The van der Waals surface area contributed by atoms with Crippen LogP contribution in [0.4, 0.5) is 0 Å². The molecule has 2 heterocycles. The molecule has 84 valence electrons. The quantitative estimate of drug-likeness (QED) is 0.728. The molecule has 16 heavy (non-hydrogen) atoms. The van der Waals surface area contributed by atoms with Gasteiger partial charge in [0.2, 0.25) is 5.78 Å². The molecule has 0 aliphatic carbocycles. The minimum Gasteiger partial charge on any atom is -0.288 e. The molecule has 0 N–H and O–H groups in total. The van der Waals surface area contributed by atoms with Gasteiger partial charge in [-0.2, -0.15) is 0 Å². The van der Waals surface area contributed by atoms with Gasteiger partial charge in [-0.15, -0.1) is 22.7 Å². The third-order valence-electron chi connectivity index (χ3n) is 2.39. The van der Waals surface area contributed by atoms with Crippen LogP contribution in [0.5, 0.6) is 0 Å². The lowest BCUT2D eigenvalue weighted by Gasteiger charge is -1.97. The molecule has 2 aromatic rings. The number of hydrogen-bond donors (Lipinski definition) is 0. The molecule has 0 atom stereocenters. The van der Waals surface area contributed by atoms with Crippen LogP contribution in [0.25, 0.3) is 0 Å². The van der Waals surface area contributed by atoms with E-state index in [-0.39, 0.29) is 5.78 Å². The number of thiophene rings is 2. The van der Waals surface area contributed by atoms with Crippen molar-refractivity contribution in [1.29, 1.82) is 0 Å². The number of ketones is 1. The van der Waals surface area contributed by atoms with Crippen molar-refractivity contribution in [3.8, 4) is 0 Å². The summed E-state index contributed by atoms with van der Waals surface area (Å²) in [4.78, 5) is 15.1. The SMILES string of the molecule is Cc1cc(C(=O)c2scc(C)c2Cl)c(C)s1. The predicted octanol–water partition coefficient (Wildman–Crippen LogP) is 4.62. The first-order chi connectivity index (χ1) is 7.50. The number of aryl methyl sites for hydroxylation is 3. The van der Waals surface area contributed by atoms with Crippen LogP contribution in [0.3, 0.4) is 0 Å². The first-order valence-corrected chi connectivity index (χ1v) is 6.93. The Labute approximate surface area is 108 Å². The summed E-state index contributed by atoms with van der Waals surface area (Å²) in [7, 11) is 0. The average Bonchev–Trinajstić information content (AvgIpc) is 2.71. The molecule has 0 aliphatic heterocycles. The van der Waals surface area contributed by atoms with E-state index in [1.165, 1.54) is 11.3 Å². The van der Waals surface area contributed by atoms with E-state index in [1.54, 1.807) is 11.3 Å². The summed E-state index contributed by atoms with van der Waals surface area (Å²) in [6, 6.07) is 1.94. The second kappa shape index (κ2) is 4.32. The van der Waals surface area contributed by atoms with Crippen LogP contribution in [0.15, 0.2) is 11.4 Å². The van der Waals surface area contributed by atoms with Gasteiger partial charge in [-0.3, -0.25) is 4.79 Å². The topological polar surface area (TPSA) is 17.1 Å². The maximum absolute atomic E-state index is 12.2. The highest BCUT2D eigenvalue weighted by atomic mass is 35.5. The molecule has 4 heteroatoms. The number of hydrogen-bond acceptors (Lipinski definition) is 3. The molecule has 0 saturated heterocycles. The minimum atomic E-state index is 0.0463. The number of carbonyl (C=O) groups excluding carboxylic acids is 1. The molecule has 0 amide bonds. The summed E-state index contributed by atoms with van der Waals surface area (Å²) >= 11 is 9.17. The van der Waals surface area contributed by atoms with Crippen LogP contribution >= 0.6 is 34.3 Å². The van der Waals surface area contributed by atoms with Crippen molar-refractivity contribution in [2.24, 2.45) is 0 Å². The van der Waals surface area contributed by atoms with Gasteiger partial charge < -0.3 is 0 Å². The summed E-state index contributed by atoms with van der Waals surface area (Å²) in [5, 5.41) is 2.52. The van der Waals surface area contributed by atoms with Gasteiger partial charge in [0.25, 0.3) is 0 Å². The van der Waals surface area contributed by atoms with E-state index in [9.17, 15) is 4.79 Å². The predicted molar refractivity (Wildman–Crippen MR) is 71.3 cm³/mol. The smallest absolute Gasteiger partial charge is 0.205 e. The van der Waals surface area contributed by atoms with Crippen LogP contribution in [-0.2, 0) is 0 Å². The molecule has 0 unspecified atom stereocenters. The maximum Gasteiger partial charge on any atom is 0.205 e. The second-order valence-corrected chi connectivity index (χ2v) is 6.44. The lowest BCUT2D eigenvalue weighted by molar-refractivity contribution is 0.104. The summed E-state index contributed by atoms with van der Waals surface area (Å²) in [6.45, 7) is 5.90. The van der Waals surface area contributed by atoms with Gasteiger partial charge in [-0.1, -0.05) is 11.6 Å². The third kappa shape index (κ3) is 1.95. The largest absolute Gasteiger partial charge is 0.288 e. The number of halogens is 1. The van der Waals surface area contributed by atoms with Crippen molar-refractivity contribution in [3.05, 3.63) is 42.2 Å². The molecule has 0 saturated carbocycles. The van der Waals surface area contributed by atoms with Gasteiger partial charge in [-0.05, 0) is 37.8 Å². The Kier molecular flexibility index (Phi) is 3.19. The Balaban J connectivity index is 2.47. The van der Waals surface area contributed by atoms with Gasteiger partial charge >= 0.3 is 0 Å². The standard InChI is InChI=1S/C12H11ClOS2/c1-6-5-15-12(10(6)13)11(14)9-4-7(2)16-8(9)3/h4-5H,1-3H3. The van der Waals surface area contributed by atoms with Crippen LogP contribution < -0.4 is 0 Å². The fourth-order valence-corrected chi connectivity index (χ4v) is 3.72. The van der Waals surface area contributed by atoms with Gasteiger partial charge in [0, 0.05) is 15.3 Å². The normalized spacial score (nSPS) is 10.8. The van der Waals surface area contributed by atoms with Crippen LogP contribution in [0.2, 0.25) is 5.02 Å². The summed E-state index contributed by atoms with van der Waals surface area (Å²) in [5.74, 6) is 0.0463. The van der Waals surface area contributed by atoms with Crippen molar-refractivity contribution in [2.75, 3.05) is 0 Å². The number of rotatable bonds is 2. The molecule has 1 nitrogen and oxygen atoms in total. The molecule has 0 fully saturated rings. The molecule has 0 bridgehead atoms. The monoisotopic (exact) mass is 270 g/mol. The highest BCUT2D eigenvalue weighted by molar-refractivity contribution is 7.14. The Bertz CT molecular complexity index is 547. The molecular weight excluding hydrogens is 260 g/mol. The van der Waals surface area contributed by atoms with Gasteiger partial charge in [-0.25, -0.2) is 0 Å². The average molecular weight is 271 g/mol. The highest BCUT2D eigenvalue weighted by Crippen LogP contribution is 2.31. The molecule has 0 spiro atoms. The Hall–Kier alpha value is -0.640. The van der Waals surface area contributed by atoms with Crippen molar-refractivity contribution < 1.29 is 4.79 Å². The Morgan fingerprint density at radius 3 is 2.44 bits per heavy atom. The van der Waals surface area contributed by atoms with Crippen molar-refractivity contribution >= 4 is 40.1 Å². The van der Waals surface area contributed by atoms with Crippen LogP contribution in [0.1, 0.15) is 30.6 Å². The van der Waals surface area contributed by atoms with E-state index in [4.69, 9.17) is 11.6 Å². The van der Waals surface area contributed by atoms with E-state index in [0.29, 0.717) is 9.90 Å². The van der Waals surface area contributed by atoms with Crippen molar-refractivity contribution in [2.45, 2.75) is 20.8 Å². The van der Waals surface area contributed by atoms with E-state index >= 15 is 0 Å². The Morgan fingerprint density at radius 2 is 2.00 bits per heavy atom. The van der Waals surface area contributed by atoms with Crippen molar-refractivity contribution in [1.82, 2.24) is 0 Å². The third-order valence-corrected chi connectivity index (χ3v) is 5.05. The van der Waals surface area contributed by atoms with Crippen LogP contribution in [-0.4, -0.2) is 5.78 Å². The summed E-state index contributed by atoms with van der Waals surface area (Å²) in [5.41, 5.74) is 1.76.